The van der Waals surface area contributed by atoms with Gasteiger partial charge in [-0.15, -0.1) is 0 Å². The van der Waals surface area contributed by atoms with Crippen molar-refractivity contribution in [3.05, 3.63) is 82.9 Å². The zero-order chi connectivity index (χ0) is 28.6. The molecule has 0 spiro atoms. The maximum absolute atomic E-state index is 11.0. The summed E-state index contributed by atoms with van der Waals surface area (Å²) in [6.45, 7) is 6.80. The Labute approximate surface area is 242 Å². The standard InChI is InChI=1S/C33H39N3O5/c1-3-24-6-11-28(18-26(24)19-34)41-27-9-7-25(8-10-27)33-30(37)20-35-21-32(33)40-22-23-5-12-31-29(17-23)36(14-16-39-31)13-4-15-38-2/h5-12,17-18,30,32-33,35,37H,3-4,13-16,20-22H2,1-2H3. The molecule has 2 aliphatic heterocycles. The van der Waals surface area contributed by atoms with Gasteiger partial charge in [-0.3, -0.25) is 0 Å². The number of hydrogen-bond donors (Lipinski definition) is 2. The van der Waals surface area contributed by atoms with Crippen LogP contribution in [0.15, 0.2) is 60.7 Å². The minimum atomic E-state index is -0.575. The molecule has 3 atom stereocenters. The number of nitrogens with one attached hydrogen (secondary N) is 1. The Morgan fingerprint density at radius 1 is 1.07 bits per heavy atom. The fourth-order valence-corrected chi connectivity index (χ4v) is 5.64. The highest BCUT2D eigenvalue weighted by molar-refractivity contribution is 5.61. The normalized spacial score (nSPS) is 20.1. The van der Waals surface area contributed by atoms with Crippen molar-refractivity contribution >= 4 is 5.69 Å². The minimum absolute atomic E-state index is 0.175. The summed E-state index contributed by atoms with van der Waals surface area (Å²) in [6.07, 6.45) is 0.984. The van der Waals surface area contributed by atoms with Crippen LogP contribution in [0.4, 0.5) is 5.69 Å². The van der Waals surface area contributed by atoms with E-state index in [2.05, 4.69) is 28.4 Å². The molecule has 3 aromatic carbocycles. The summed E-state index contributed by atoms with van der Waals surface area (Å²) >= 11 is 0. The van der Waals surface area contributed by atoms with E-state index < -0.39 is 6.10 Å². The third-order valence-corrected chi connectivity index (χ3v) is 7.82. The first-order valence-corrected chi connectivity index (χ1v) is 14.4. The molecule has 2 N–H and O–H groups in total. The molecule has 0 amide bonds. The number of ether oxygens (including phenoxy) is 4. The molecule has 0 aromatic heterocycles. The molecule has 5 rings (SSSR count). The highest BCUT2D eigenvalue weighted by Crippen LogP contribution is 2.35. The predicted octanol–water partition coefficient (Wildman–Crippen LogP) is 4.78. The van der Waals surface area contributed by atoms with Gasteiger partial charge in [0.15, 0.2) is 0 Å². The van der Waals surface area contributed by atoms with Crippen LogP contribution in [0.5, 0.6) is 17.2 Å². The number of piperidine rings is 1. The first kappa shape index (κ1) is 28.9. The largest absolute Gasteiger partial charge is 0.490 e. The average molecular weight is 558 g/mol. The van der Waals surface area contributed by atoms with Gasteiger partial charge in [0, 0.05) is 39.3 Å². The molecule has 216 valence electrons. The first-order chi connectivity index (χ1) is 20.1. The fraction of sp³-hybridized carbons (Fsp3) is 0.424. The summed E-state index contributed by atoms with van der Waals surface area (Å²) < 4.78 is 23.6. The van der Waals surface area contributed by atoms with E-state index in [0.29, 0.717) is 43.4 Å². The number of benzene rings is 3. The number of methoxy groups -OCH3 is 1. The van der Waals surface area contributed by atoms with Crippen molar-refractivity contribution < 1.29 is 24.1 Å². The van der Waals surface area contributed by atoms with Crippen molar-refractivity contribution in [2.75, 3.05) is 51.4 Å². The zero-order valence-corrected chi connectivity index (χ0v) is 23.8. The number of β-amino-alcohol motifs (C(OH)–C–C–N with tert-alkyl or cyclic N) is 1. The molecule has 8 nitrogen and oxygen atoms in total. The van der Waals surface area contributed by atoms with Crippen molar-refractivity contribution in [1.82, 2.24) is 5.32 Å². The number of nitriles is 1. The van der Waals surface area contributed by atoms with Crippen molar-refractivity contribution in [1.29, 1.82) is 5.26 Å². The lowest BCUT2D eigenvalue weighted by molar-refractivity contribution is -0.0328. The highest BCUT2D eigenvalue weighted by atomic mass is 16.5. The van der Waals surface area contributed by atoms with Crippen LogP contribution in [0.3, 0.4) is 0 Å². The second kappa shape index (κ2) is 13.8. The number of anilines is 1. The molecule has 0 aliphatic carbocycles. The minimum Gasteiger partial charge on any atom is -0.490 e. The second-order valence-corrected chi connectivity index (χ2v) is 10.5. The van der Waals surface area contributed by atoms with Gasteiger partial charge in [0.25, 0.3) is 0 Å². The van der Waals surface area contributed by atoms with Gasteiger partial charge in [0.05, 0.1) is 42.7 Å². The molecule has 8 heteroatoms. The number of rotatable bonds is 11. The number of hydrogen-bond acceptors (Lipinski definition) is 8. The summed E-state index contributed by atoms with van der Waals surface area (Å²) in [5.74, 6) is 2.03. The van der Waals surface area contributed by atoms with Crippen LogP contribution in [0.25, 0.3) is 0 Å². The Kier molecular flexibility index (Phi) is 9.75. The lowest BCUT2D eigenvalue weighted by atomic mass is 9.85. The molecule has 0 radical (unpaired) electrons. The summed E-state index contributed by atoms with van der Waals surface area (Å²) in [5, 5.41) is 23.7. The van der Waals surface area contributed by atoms with Gasteiger partial charge < -0.3 is 34.3 Å². The monoisotopic (exact) mass is 557 g/mol. The van der Waals surface area contributed by atoms with Crippen molar-refractivity contribution in [3.8, 4) is 23.3 Å². The van der Waals surface area contributed by atoms with Crippen LogP contribution in [0.2, 0.25) is 0 Å². The van der Waals surface area contributed by atoms with E-state index >= 15 is 0 Å². The van der Waals surface area contributed by atoms with Crippen molar-refractivity contribution in [2.24, 2.45) is 0 Å². The maximum atomic E-state index is 11.0. The van der Waals surface area contributed by atoms with E-state index in [9.17, 15) is 10.4 Å². The SMILES string of the molecule is CCc1ccc(Oc2ccc(C3C(O)CNCC3OCc3ccc4c(c3)N(CCCOC)CCO4)cc2)cc1C#N. The average Bonchev–Trinajstić information content (AvgIpc) is 3.00. The van der Waals surface area contributed by atoms with Crippen LogP contribution in [0, 0.1) is 11.3 Å². The smallest absolute Gasteiger partial charge is 0.142 e. The van der Waals surface area contributed by atoms with Crippen LogP contribution < -0.4 is 19.7 Å². The van der Waals surface area contributed by atoms with E-state index in [-0.39, 0.29) is 12.0 Å². The number of fused-ring (bicyclic) bond motifs is 1. The third kappa shape index (κ3) is 7.00. The molecular weight excluding hydrogens is 518 g/mol. The van der Waals surface area contributed by atoms with Gasteiger partial charge >= 0.3 is 0 Å². The second-order valence-electron chi connectivity index (χ2n) is 10.5. The van der Waals surface area contributed by atoms with Crippen LogP contribution >= 0.6 is 0 Å². The summed E-state index contributed by atoms with van der Waals surface area (Å²) in [5.41, 5.74) is 4.79. The topological polar surface area (TPSA) is 96.2 Å². The molecule has 3 unspecified atom stereocenters. The van der Waals surface area contributed by atoms with Crippen LogP contribution in [-0.2, 0) is 22.5 Å². The van der Waals surface area contributed by atoms with E-state index in [1.54, 1.807) is 13.2 Å². The molecule has 1 saturated heterocycles. The van der Waals surface area contributed by atoms with Crippen molar-refractivity contribution in [2.45, 2.75) is 44.5 Å². The molecule has 0 saturated carbocycles. The van der Waals surface area contributed by atoms with Gasteiger partial charge in [0.2, 0.25) is 0 Å². The van der Waals surface area contributed by atoms with Gasteiger partial charge in [0.1, 0.15) is 23.9 Å². The number of aryl methyl sites for hydroxylation is 1. The molecule has 0 bridgehead atoms. The van der Waals surface area contributed by atoms with Gasteiger partial charge in [-0.25, -0.2) is 0 Å². The van der Waals surface area contributed by atoms with Crippen LogP contribution in [0.1, 0.15) is 41.5 Å². The van der Waals surface area contributed by atoms with E-state index in [4.69, 9.17) is 18.9 Å². The summed E-state index contributed by atoms with van der Waals surface area (Å²) in [6, 6.07) is 21.9. The lowest BCUT2D eigenvalue weighted by Crippen LogP contribution is -2.49. The molecule has 2 aliphatic rings. The quantitative estimate of drug-likeness (QED) is 0.325. The Bertz CT molecular complexity index is 1340. The maximum Gasteiger partial charge on any atom is 0.142 e. The fourth-order valence-electron chi connectivity index (χ4n) is 5.64. The summed E-state index contributed by atoms with van der Waals surface area (Å²) in [7, 11) is 1.73. The van der Waals surface area contributed by atoms with E-state index in [1.165, 1.54) is 0 Å². The molecule has 41 heavy (non-hydrogen) atoms. The Morgan fingerprint density at radius 2 is 1.90 bits per heavy atom. The van der Waals surface area contributed by atoms with E-state index in [0.717, 1.165) is 60.7 Å². The highest BCUT2D eigenvalue weighted by Gasteiger charge is 2.34. The zero-order valence-electron chi connectivity index (χ0n) is 23.8. The van der Waals surface area contributed by atoms with Gasteiger partial charge in [-0.2, -0.15) is 5.26 Å². The lowest BCUT2D eigenvalue weighted by Gasteiger charge is -2.36. The van der Waals surface area contributed by atoms with Crippen molar-refractivity contribution in [3.63, 3.8) is 0 Å². The molecule has 1 fully saturated rings. The third-order valence-electron chi connectivity index (χ3n) is 7.82. The molecule has 2 heterocycles. The first-order valence-electron chi connectivity index (χ1n) is 14.4. The van der Waals surface area contributed by atoms with Gasteiger partial charge in [-0.05, 0) is 65.9 Å². The molecular formula is C33H39N3O5. The Morgan fingerprint density at radius 3 is 2.68 bits per heavy atom. The summed E-state index contributed by atoms with van der Waals surface area (Å²) in [4.78, 5) is 2.35. The Hall–Kier alpha value is -3.61. The van der Waals surface area contributed by atoms with E-state index in [1.807, 2.05) is 49.4 Å². The number of aliphatic hydroxyl groups is 1. The Balaban J connectivity index is 1.25. The predicted molar refractivity (Wildman–Crippen MR) is 158 cm³/mol. The molecule has 3 aromatic rings. The number of aliphatic hydroxyl groups excluding tert-OH is 1. The number of nitrogens with zero attached hydrogens (tertiary/aromatic N) is 2. The van der Waals surface area contributed by atoms with Crippen LogP contribution in [-0.4, -0.2) is 63.8 Å². The van der Waals surface area contributed by atoms with Gasteiger partial charge in [-0.1, -0.05) is 31.2 Å².